The number of allylic oxidation sites excluding steroid dienone is 1. The van der Waals surface area contributed by atoms with Crippen LogP contribution >= 0.6 is 0 Å². The molecule has 1 aliphatic heterocycles. The molecular formula is C33H47N5O2. The predicted molar refractivity (Wildman–Crippen MR) is 166 cm³/mol. The van der Waals surface area contributed by atoms with Gasteiger partial charge in [0, 0.05) is 50.8 Å². The zero-order valence-corrected chi connectivity index (χ0v) is 25.2. The van der Waals surface area contributed by atoms with Gasteiger partial charge in [0.25, 0.3) is 5.91 Å². The molecule has 1 amide bonds. The first-order chi connectivity index (χ1) is 19.2. The lowest BCUT2D eigenvalue weighted by Gasteiger charge is -2.26. The first kappa shape index (κ1) is 31.1. The number of amides is 1. The molecule has 0 spiro atoms. The monoisotopic (exact) mass is 545 g/mol. The molecule has 0 fully saturated rings. The molecule has 0 saturated heterocycles. The third-order valence-corrected chi connectivity index (χ3v) is 7.31. The van der Waals surface area contributed by atoms with Crippen molar-refractivity contribution in [1.29, 1.82) is 0 Å². The van der Waals surface area contributed by atoms with Crippen LogP contribution in [0.15, 0.2) is 83.3 Å². The van der Waals surface area contributed by atoms with Gasteiger partial charge in [-0.3, -0.25) is 4.79 Å². The number of carbonyl (C=O) groups is 1. The zero-order valence-electron chi connectivity index (χ0n) is 25.2. The summed E-state index contributed by atoms with van der Waals surface area (Å²) in [5.74, 6) is 0.726. The second kappa shape index (κ2) is 15.4. The quantitative estimate of drug-likeness (QED) is 0.312. The van der Waals surface area contributed by atoms with Gasteiger partial charge >= 0.3 is 0 Å². The summed E-state index contributed by atoms with van der Waals surface area (Å²) in [4.78, 5) is 24.8. The number of nitrogens with one attached hydrogen (secondary N) is 1. The molecule has 7 heteroatoms. The Morgan fingerprint density at radius 3 is 2.58 bits per heavy atom. The number of likely N-dealkylation sites (N-methyl/N-ethyl adjacent to an activating group) is 1. The molecule has 1 N–H and O–H groups in total. The van der Waals surface area contributed by atoms with Gasteiger partial charge in [-0.05, 0) is 63.0 Å². The summed E-state index contributed by atoms with van der Waals surface area (Å²) in [6.07, 6.45) is 3.51. The number of hydrogen-bond donors (Lipinski definition) is 1. The maximum absolute atomic E-state index is 14.1. The minimum atomic E-state index is -0.0427. The van der Waals surface area contributed by atoms with Gasteiger partial charge in [-0.15, -0.1) is 0 Å². The van der Waals surface area contributed by atoms with E-state index in [2.05, 4.69) is 98.1 Å². The van der Waals surface area contributed by atoms with Gasteiger partial charge in [0.1, 0.15) is 5.82 Å². The van der Waals surface area contributed by atoms with E-state index in [9.17, 15) is 4.79 Å². The Balaban J connectivity index is 1.87. The molecule has 1 aliphatic rings. The van der Waals surface area contributed by atoms with Crippen molar-refractivity contribution in [1.82, 2.24) is 15.1 Å². The Morgan fingerprint density at radius 1 is 1.15 bits per heavy atom. The van der Waals surface area contributed by atoms with Crippen molar-refractivity contribution < 1.29 is 9.53 Å². The number of benzene rings is 2. The van der Waals surface area contributed by atoms with Gasteiger partial charge in [0.05, 0.1) is 18.3 Å². The van der Waals surface area contributed by atoms with E-state index in [4.69, 9.17) is 4.74 Å². The molecule has 2 unspecified atom stereocenters. The minimum absolute atomic E-state index is 0.00519. The summed E-state index contributed by atoms with van der Waals surface area (Å²) in [6, 6.07) is 18.5. The number of rotatable bonds is 14. The lowest BCUT2D eigenvalue weighted by Crippen LogP contribution is -2.34. The van der Waals surface area contributed by atoms with Crippen LogP contribution in [0.3, 0.4) is 0 Å². The first-order valence-electron chi connectivity index (χ1n) is 14.4. The van der Waals surface area contributed by atoms with E-state index in [1.54, 1.807) is 6.21 Å². The van der Waals surface area contributed by atoms with E-state index in [0.29, 0.717) is 24.5 Å². The summed E-state index contributed by atoms with van der Waals surface area (Å²) in [5.41, 5.74) is 4.72. The zero-order chi connectivity index (χ0) is 29.1. The van der Waals surface area contributed by atoms with Crippen LogP contribution in [-0.4, -0.2) is 69.2 Å². The average Bonchev–Trinajstić information content (AvgIpc) is 3.07. The van der Waals surface area contributed by atoms with Crippen molar-refractivity contribution >= 4 is 17.8 Å². The summed E-state index contributed by atoms with van der Waals surface area (Å²) >= 11 is 0. The normalized spacial score (nSPS) is 16.0. The summed E-state index contributed by atoms with van der Waals surface area (Å²) in [7, 11) is 6.22. The van der Waals surface area contributed by atoms with Crippen LogP contribution in [-0.2, 0) is 16.1 Å². The molecule has 1 heterocycles. The molecular weight excluding hydrogens is 498 g/mol. The summed E-state index contributed by atoms with van der Waals surface area (Å²) < 4.78 is 6.46. The molecule has 0 saturated carbocycles. The standard InChI is InChI=1S/C33H47N5O2/c1-8-25(3)32-30(23-35-26(4)34-9-2)33(39)38(21-20-37(32)7)29-17-13-14-27(22-29)24-40-31(18-19-36(5)6)28-15-11-10-12-16-28/h10-17,22-23,25,31,34H,4,8-9,18-21,24H2,1-3,5-7H3. The molecule has 2 atom stereocenters. The number of anilines is 1. The van der Waals surface area contributed by atoms with Crippen molar-refractivity contribution in [3.63, 3.8) is 0 Å². The molecule has 7 nitrogen and oxygen atoms in total. The first-order valence-corrected chi connectivity index (χ1v) is 14.4. The van der Waals surface area contributed by atoms with E-state index in [1.165, 1.54) is 5.56 Å². The number of nitrogens with zero attached hydrogens (tertiary/aromatic N) is 4. The van der Waals surface area contributed by atoms with Crippen molar-refractivity contribution in [2.24, 2.45) is 10.9 Å². The third-order valence-electron chi connectivity index (χ3n) is 7.31. The topological polar surface area (TPSA) is 60.4 Å². The van der Waals surface area contributed by atoms with E-state index in [-0.39, 0.29) is 17.9 Å². The van der Waals surface area contributed by atoms with Crippen LogP contribution in [0, 0.1) is 5.92 Å². The molecule has 0 aliphatic carbocycles. The average molecular weight is 546 g/mol. The highest BCUT2D eigenvalue weighted by atomic mass is 16.5. The molecule has 40 heavy (non-hydrogen) atoms. The van der Waals surface area contributed by atoms with E-state index >= 15 is 0 Å². The van der Waals surface area contributed by atoms with Crippen molar-refractivity contribution in [3.8, 4) is 0 Å². The second-order valence-electron chi connectivity index (χ2n) is 10.7. The van der Waals surface area contributed by atoms with Crippen LogP contribution in [0.4, 0.5) is 5.69 Å². The van der Waals surface area contributed by atoms with E-state index < -0.39 is 0 Å². The SMILES string of the molecule is C=C(N=CC1=C(C(C)CC)N(C)CCN(c2cccc(COC(CCN(C)C)c3ccccc3)c2)C1=O)NCC. The van der Waals surface area contributed by atoms with Crippen LogP contribution in [0.5, 0.6) is 0 Å². The fourth-order valence-electron chi connectivity index (χ4n) is 4.93. The van der Waals surface area contributed by atoms with Crippen LogP contribution < -0.4 is 10.2 Å². The highest BCUT2D eigenvalue weighted by Gasteiger charge is 2.30. The number of carbonyl (C=O) groups excluding carboxylic acids is 1. The Labute approximate surface area is 241 Å². The van der Waals surface area contributed by atoms with Crippen LogP contribution in [0.1, 0.15) is 50.8 Å². The van der Waals surface area contributed by atoms with Crippen molar-refractivity contribution in [2.45, 2.75) is 46.3 Å². The maximum atomic E-state index is 14.1. The summed E-state index contributed by atoms with van der Waals surface area (Å²) in [5, 5.41) is 3.12. The minimum Gasteiger partial charge on any atom is -0.375 e. The van der Waals surface area contributed by atoms with E-state index in [1.807, 2.05) is 30.0 Å². The Hall–Kier alpha value is -3.42. The van der Waals surface area contributed by atoms with Crippen molar-refractivity contribution in [2.75, 3.05) is 52.2 Å². The molecule has 216 valence electrons. The van der Waals surface area contributed by atoms with Gasteiger partial charge < -0.3 is 24.8 Å². The Bertz CT molecular complexity index is 1170. The lowest BCUT2D eigenvalue weighted by atomic mass is 9.98. The van der Waals surface area contributed by atoms with Gasteiger partial charge in [-0.2, -0.15) is 0 Å². The molecule has 3 rings (SSSR count). The molecule has 0 aromatic heterocycles. The highest BCUT2D eigenvalue weighted by Crippen LogP contribution is 2.29. The molecule has 2 aromatic carbocycles. The number of aliphatic imine (C=N–C) groups is 1. The number of hydrogen-bond acceptors (Lipinski definition) is 6. The molecule has 0 radical (unpaired) electrons. The molecule has 0 bridgehead atoms. The van der Waals surface area contributed by atoms with E-state index in [0.717, 1.165) is 49.4 Å². The van der Waals surface area contributed by atoms with Gasteiger partial charge in [0.15, 0.2) is 0 Å². The Kier molecular flexibility index (Phi) is 12.0. The Morgan fingerprint density at radius 2 is 1.90 bits per heavy atom. The van der Waals surface area contributed by atoms with Gasteiger partial charge in [0.2, 0.25) is 0 Å². The summed E-state index contributed by atoms with van der Waals surface area (Å²) in [6.45, 7) is 13.7. The van der Waals surface area contributed by atoms with Crippen LogP contribution in [0.25, 0.3) is 0 Å². The molecule has 2 aromatic rings. The smallest absolute Gasteiger partial charge is 0.261 e. The maximum Gasteiger partial charge on any atom is 0.261 e. The third kappa shape index (κ3) is 8.54. The lowest BCUT2D eigenvalue weighted by molar-refractivity contribution is -0.114. The predicted octanol–water partition coefficient (Wildman–Crippen LogP) is 5.63. The number of ether oxygens (including phenoxy) is 1. The van der Waals surface area contributed by atoms with Gasteiger partial charge in [-0.25, -0.2) is 4.99 Å². The highest BCUT2D eigenvalue weighted by molar-refractivity contribution is 6.19. The second-order valence-corrected chi connectivity index (χ2v) is 10.7. The van der Waals surface area contributed by atoms with Crippen molar-refractivity contribution in [3.05, 3.63) is 89.4 Å². The van der Waals surface area contributed by atoms with Crippen LogP contribution in [0.2, 0.25) is 0 Å². The largest absolute Gasteiger partial charge is 0.375 e. The fraction of sp³-hybridized carbons (Fsp3) is 0.455. The van der Waals surface area contributed by atoms with Gasteiger partial charge in [-0.1, -0.05) is 62.9 Å². The fourth-order valence-corrected chi connectivity index (χ4v) is 4.93.